The summed E-state index contributed by atoms with van der Waals surface area (Å²) >= 11 is 0. The van der Waals surface area contributed by atoms with E-state index in [1.165, 1.54) is 64.2 Å². The van der Waals surface area contributed by atoms with Crippen LogP contribution in [0.4, 0.5) is 0 Å². The van der Waals surface area contributed by atoms with E-state index in [4.69, 9.17) is 5.73 Å². The van der Waals surface area contributed by atoms with Gasteiger partial charge in [-0.1, -0.05) is 38.5 Å². The Bertz CT molecular complexity index is 357. The summed E-state index contributed by atoms with van der Waals surface area (Å²) in [6.07, 6.45) is 16.5. The quantitative estimate of drug-likeness (QED) is 0.911. The van der Waals surface area contributed by atoms with Crippen molar-refractivity contribution in [3.8, 4) is 0 Å². The molecule has 2 fully saturated rings. The zero-order valence-electron chi connectivity index (χ0n) is 11.8. The van der Waals surface area contributed by atoms with Crippen LogP contribution in [0.25, 0.3) is 0 Å². The highest BCUT2D eigenvalue weighted by Gasteiger charge is 2.44. The zero-order chi connectivity index (χ0) is 13.1. The normalized spacial score (nSPS) is 23.6. The first-order chi connectivity index (χ1) is 9.32. The molecule has 0 spiro atoms. The van der Waals surface area contributed by atoms with Crippen LogP contribution in [-0.4, -0.2) is 14.8 Å². The molecule has 0 atom stereocenters. The van der Waals surface area contributed by atoms with Gasteiger partial charge >= 0.3 is 0 Å². The highest BCUT2D eigenvalue weighted by Crippen LogP contribution is 2.43. The molecule has 0 radical (unpaired) electrons. The second-order valence-corrected chi connectivity index (χ2v) is 6.40. The average Bonchev–Trinajstić information content (AvgIpc) is 3.03. The van der Waals surface area contributed by atoms with E-state index in [1.54, 1.807) is 6.33 Å². The van der Waals surface area contributed by atoms with E-state index in [2.05, 4.69) is 10.1 Å². The molecule has 0 saturated heterocycles. The Kier molecular flexibility index (Phi) is 3.87. The van der Waals surface area contributed by atoms with Crippen LogP contribution in [0.2, 0.25) is 0 Å². The molecule has 2 N–H and O–H groups in total. The molecule has 2 saturated carbocycles. The molecule has 2 aliphatic carbocycles. The zero-order valence-corrected chi connectivity index (χ0v) is 11.8. The number of nitrogens with zero attached hydrogens (tertiary/aromatic N) is 3. The molecule has 1 aromatic heterocycles. The predicted octanol–water partition coefficient (Wildman–Crippen LogP) is 3.05. The van der Waals surface area contributed by atoms with Gasteiger partial charge in [-0.3, -0.25) is 0 Å². The Morgan fingerprint density at radius 2 is 1.42 bits per heavy atom. The fraction of sp³-hybridized carbons (Fsp3) is 0.867. The number of hydrogen-bond donors (Lipinski definition) is 1. The summed E-state index contributed by atoms with van der Waals surface area (Å²) in [5.74, 6) is 1.15. The van der Waals surface area contributed by atoms with Crippen LogP contribution in [-0.2, 0) is 5.66 Å². The highest BCUT2D eigenvalue weighted by molar-refractivity contribution is 4.94. The Morgan fingerprint density at radius 3 is 1.84 bits per heavy atom. The minimum atomic E-state index is -0.294. The van der Waals surface area contributed by atoms with Gasteiger partial charge < -0.3 is 5.73 Å². The maximum atomic E-state index is 6.97. The minimum Gasteiger partial charge on any atom is -0.307 e. The van der Waals surface area contributed by atoms with Crippen molar-refractivity contribution >= 4 is 0 Å². The fourth-order valence-electron chi connectivity index (χ4n) is 4.25. The summed E-state index contributed by atoms with van der Waals surface area (Å²) in [6.45, 7) is 0. The molecule has 0 aromatic carbocycles. The molecule has 1 heterocycles. The van der Waals surface area contributed by atoms with Gasteiger partial charge in [-0.2, -0.15) is 5.10 Å². The topological polar surface area (TPSA) is 56.7 Å². The lowest BCUT2D eigenvalue weighted by atomic mass is 9.69. The van der Waals surface area contributed by atoms with Crippen LogP contribution in [0.3, 0.4) is 0 Å². The lowest BCUT2D eigenvalue weighted by Gasteiger charge is -2.46. The second kappa shape index (κ2) is 5.61. The molecular formula is C15H26N4. The first-order valence-electron chi connectivity index (χ1n) is 7.96. The van der Waals surface area contributed by atoms with Crippen molar-refractivity contribution in [3.05, 3.63) is 12.7 Å². The summed E-state index contributed by atoms with van der Waals surface area (Å²) < 4.78 is 1.99. The number of aromatic nitrogens is 3. The van der Waals surface area contributed by atoms with Gasteiger partial charge in [0.15, 0.2) is 0 Å². The fourth-order valence-corrected chi connectivity index (χ4v) is 4.25. The van der Waals surface area contributed by atoms with Gasteiger partial charge in [0, 0.05) is 0 Å². The highest BCUT2D eigenvalue weighted by atomic mass is 15.4. The summed E-state index contributed by atoms with van der Waals surface area (Å²) in [5, 5.41) is 4.42. The number of nitrogens with two attached hydrogens (primary N) is 1. The molecule has 0 aliphatic heterocycles. The van der Waals surface area contributed by atoms with Crippen LogP contribution in [0.15, 0.2) is 12.7 Å². The predicted molar refractivity (Wildman–Crippen MR) is 75.3 cm³/mol. The second-order valence-electron chi connectivity index (χ2n) is 6.40. The van der Waals surface area contributed by atoms with E-state index < -0.39 is 0 Å². The van der Waals surface area contributed by atoms with Crippen molar-refractivity contribution in [2.24, 2.45) is 17.6 Å². The van der Waals surface area contributed by atoms with Crippen LogP contribution in [0.5, 0.6) is 0 Å². The Morgan fingerprint density at radius 1 is 0.895 bits per heavy atom. The molecule has 19 heavy (non-hydrogen) atoms. The van der Waals surface area contributed by atoms with Crippen molar-refractivity contribution in [2.45, 2.75) is 69.9 Å². The van der Waals surface area contributed by atoms with E-state index >= 15 is 0 Å². The summed E-state index contributed by atoms with van der Waals surface area (Å²) in [5.41, 5.74) is 6.68. The summed E-state index contributed by atoms with van der Waals surface area (Å²) in [4.78, 5) is 4.15. The van der Waals surface area contributed by atoms with Gasteiger partial charge in [0.1, 0.15) is 18.3 Å². The van der Waals surface area contributed by atoms with E-state index in [0.717, 1.165) is 0 Å². The van der Waals surface area contributed by atoms with Crippen molar-refractivity contribution in [1.29, 1.82) is 0 Å². The molecule has 106 valence electrons. The van der Waals surface area contributed by atoms with Gasteiger partial charge in [0.05, 0.1) is 0 Å². The van der Waals surface area contributed by atoms with Gasteiger partial charge in [-0.15, -0.1) is 0 Å². The van der Waals surface area contributed by atoms with E-state index in [0.29, 0.717) is 11.8 Å². The third-order valence-electron chi connectivity index (χ3n) is 5.33. The summed E-state index contributed by atoms with van der Waals surface area (Å²) in [7, 11) is 0. The Labute approximate surface area is 115 Å². The average molecular weight is 262 g/mol. The van der Waals surface area contributed by atoms with Gasteiger partial charge in [-0.25, -0.2) is 9.67 Å². The molecular weight excluding hydrogens is 236 g/mol. The smallest absolute Gasteiger partial charge is 0.137 e. The lowest BCUT2D eigenvalue weighted by Crippen LogP contribution is -2.56. The van der Waals surface area contributed by atoms with Crippen LogP contribution in [0.1, 0.15) is 64.2 Å². The third-order valence-corrected chi connectivity index (χ3v) is 5.33. The maximum Gasteiger partial charge on any atom is 0.137 e. The molecule has 0 unspecified atom stereocenters. The lowest BCUT2D eigenvalue weighted by molar-refractivity contribution is 0.0272. The maximum absolute atomic E-state index is 6.97. The van der Waals surface area contributed by atoms with E-state index in [1.807, 2.05) is 11.0 Å². The third kappa shape index (κ3) is 2.42. The molecule has 4 nitrogen and oxygen atoms in total. The monoisotopic (exact) mass is 262 g/mol. The van der Waals surface area contributed by atoms with Crippen molar-refractivity contribution in [3.63, 3.8) is 0 Å². The van der Waals surface area contributed by atoms with Crippen molar-refractivity contribution in [2.75, 3.05) is 0 Å². The van der Waals surface area contributed by atoms with Crippen LogP contribution >= 0.6 is 0 Å². The molecule has 0 bridgehead atoms. The molecule has 1 aromatic rings. The van der Waals surface area contributed by atoms with E-state index in [-0.39, 0.29) is 5.66 Å². The first kappa shape index (κ1) is 13.1. The molecule has 2 aliphatic rings. The Balaban J connectivity index is 1.89. The Hall–Kier alpha value is -0.900. The van der Waals surface area contributed by atoms with Gasteiger partial charge in [0.2, 0.25) is 0 Å². The SMILES string of the molecule is NC(C1CCCCC1)(C1CCCCC1)n1cncn1. The number of hydrogen-bond acceptors (Lipinski definition) is 3. The largest absolute Gasteiger partial charge is 0.307 e. The molecule has 4 heteroatoms. The van der Waals surface area contributed by atoms with Gasteiger partial charge in [-0.05, 0) is 37.5 Å². The standard InChI is InChI=1S/C15H26N4/c16-15(19-12-17-11-18-19,13-7-3-1-4-8-13)14-9-5-2-6-10-14/h11-14H,1-10,16H2. The minimum absolute atomic E-state index is 0.294. The molecule has 3 rings (SSSR count). The van der Waals surface area contributed by atoms with Crippen LogP contribution < -0.4 is 5.73 Å². The van der Waals surface area contributed by atoms with Crippen molar-refractivity contribution in [1.82, 2.24) is 14.8 Å². The molecule has 0 amide bonds. The van der Waals surface area contributed by atoms with Crippen molar-refractivity contribution < 1.29 is 0 Å². The van der Waals surface area contributed by atoms with Crippen LogP contribution in [0, 0.1) is 11.8 Å². The summed E-state index contributed by atoms with van der Waals surface area (Å²) in [6, 6.07) is 0. The number of rotatable bonds is 3. The van der Waals surface area contributed by atoms with Gasteiger partial charge in [0.25, 0.3) is 0 Å². The van der Waals surface area contributed by atoms with E-state index in [9.17, 15) is 0 Å². The first-order valence-corrected chi connectivity index (χ1v) is 7.96.